The van der Waals surface area contributed by atoms with Gasteiger partial charge in [-0.3, -0.25) is 9.59 Å². The van der Waals surface area contributed by atoms with Gasteiger partial charge in [-0.1, -0.05) is 42.5 Å². The molecule has 1 aliphatic rings. The number of amides is 1. The van der Waals surface area contributed by atoms with Crippen molar-refractivity contribution in [2.75, 3.05) is 6.61 Å². The highest BCUT2D eigenvalue weighted by Gasteiger charge is 2.69. The second-order valence-corrected chi connectivity index (χ2v) is 8.13. The van der Waals surface area contributed by atoms with E-state index < -0.39 is 15.7 Å². The van der Waals surface area contributed by atoms with Crippen LogP contribution < -0.4 is 5.32 Å². The van der Waals surface area contributed by atoms with Gasteiger partial charge in [-0.05, 0) is 30.2 Å². The Bertz CT molecular complexity index is 831. The minimum Gasteiger partial charge on any atom is -0.455 e. The average molecular weight is 380 g/mol. The van der Waals surface area contributed by atoms with Crippen molar-refractivity contribution in [2.24, 2.45) is 5.41 Å². The number of ether oxygens (including phenoxy) is 1. The third kappa shape index (κ3) is 3.46. The molecule has 0 aliphatic heterocycles. The molecule has 3 rings (SSSR count). The highest BCUT2D eigenvalue weighted by Crippen LogP contribution is 2.64. The van der Waals surface area contributed by atoms with E-state index in [4.69, 9.17) is 27.9 Å². The fraction of sp³-hybridized carbons (Fsp3) is 0.368. The van der Waals surface area contributed by atoms with Crippen LogP contribution in [0.3, 0.4) is 0 Å². The van der Waals surface area contributed by atoms with Crippen molar-refractivity contribution >= 4 is 45.9 Å². The molecule has 1 fully saturated rings. The summed E-state index contributed by atoms with van der Waals surface area (Å²) in [5.41, 5.74) is 0.0740. The average Bonchev–Trinajstić information content (AvgIpc) is 3.11. The summed E-state index contributed by atoms with van der Waals surface area (Å²) >= 11 is 11.9. The van der Waals surface area contributed by atoms with Crippen molar-refractivity contribution in [1.29, 1.82) is 0 Å². The van der Waals surface area contributed by atoms with Gasteiger partial charge in [0.25, 0.3) is 5.91 Å². The minimum atomic E-state index is -1.10. The molecule has 0 heterocycles. The number of nitrogens with one attached hydrogen (secondary N) is 1. The van der Waals surface area contributed by atoms with Crippen molar-refractivity contribution in [3.05, 3.63) is 48.0 Å². The first kappa shape index (κ1) is 18.0. The summed E-state index contributed by atoms with van der Waals surface area (Å²) in [5, 5.41) is 5.04. The Labute approximate surface area is 156 Å². The third-order valence-electron chi connectivity index (χ3n) is 4.71. The molecule has 4 nitrogen and oxygen atoms in total. The number of hydrogen-bond acceptors (Lipinski definition) is 3. The van der Waals surface area contributed by atoms with E-state index in [1.807, 2.05) is 49.4 Å². The standard InChI is InChI=1S/C19H19Cl2NO3/c1-12(14-9-5-7-13-6-3-4-8-15(13)14)22-16(23)10-25-17(24)18(2)11-19(18,20)21/h3-9,12H,10-11H2,1-2H3,(H,22,23)/t12-,18+/m0/s1. The zero-order chi connectivity index (χ0) is 18.2. The van der Waals surface area contributed by atoms with Gasteiger partial charge in [0.15, 0.2) is 6.61 Å². The third-order valence-corrected chi connectivity index (χ3v) is 5.81. The number of hydrogen-bond donors (Lipinski definition) is 1. The zero-order valence-electron chi connectivity index (χ0n) is 14.0. The van der Waals surface area contributed by atoms with Crippen molar-refractivity contribution in [3.8, 4) is 0 Å². The molecule has 0 saturated heterocycles. The number of carbonyl (C=O) groups excluding carboxylic acids is 2. The van der Waals surface area contributed by atoms with E-state index in [1.165, 1.54) is 0 Å². The molecular formula is C19H19Cl2NO3. The van der Waals surface area contributed by atoms with E-state index in [-0.39, 0.29) is 18.6 Å². The Morgan fingerprint density at radius 2 is 1.84 bits per heavy atom. The lowest BCUT2D eigenvalue weighted by Gasteiger charge is -2.17. The molecule has 0 radical (unpaired) electrons. The number of esters is 1. The van der Waals surface area contributed by atoms with Gasteiger partial charge in [-0.15, -0.1) is 23.2 Å². The Morgan fingerprint density at radius 1 is 1.20 bits per heavy atom. The van der Waals surface area contributed by atoms with Crippen LogP contribution in [0.5, 0.6) is 0 Å². The SMILES string of the molecule is C[C@H](NC(=O)COC(=O)[C@@]1(C)CC1(Cl)Cl)c1cccc2ccccc12. The summed E-state index contributed by atoms with van der Waals surface area (Å²) in [6.45, 7) is 3.17. The number of halogens is 2. The normalized spacial score (nSPS) is 22.2. The maximum atomic E-state index is 12.1. The molecule has 1 N–H and O–H groups in total. The Hall–Kier alpha value is -1.78. The molecular weight excluding hydrogens is 361 g/mol. The zero-order valence-corrected chi connectivity index (χ0v) is 15.5. The molecule has 132 valence electrons. The molecule has 0 aromatic heterocycles. The molecule has 2 aromatic rings. The van der Waals surface area contributed by atoms with Crippen molar-refractivity contribution in [1.82, 2.24) is 5.32 Å². The van der Waals surface area contributed by atoms with E-state index in [2.05, 4.69) is 5.32 Å². The first-order valence-corrected chi connectivity index (χ1v) is 8.82. The molecule has 1 aliphatic carbocycles. The number of alkyl halides is 2. The lowest BCUT2D eigenvalue weighted by Crippen LogP contribution is -2.33. The fourth-order valence-electron chi connectivity index (χ4n) is 2.90. The quantitative estimate of drug-likeness (QED) is 0.627. The van der Waals surface area contributed by atoms with E-state index in [0.717, 1.165) is 16.3 Å². The summed E-state index contributed by atoms with van der Waals surface area (Å²) in [6, 6.07) is 13.7. The van der Waals surface area contributed by atoms with Gasteiger partial charge in [0.2, 0.25) is 0 Å². The highest BCUT2D eigenvalue weighted by atomic mass is 35.5. The van der Waals surface area contributed by atoms with Crippen LogP contribution in [0.4, 0.5) is 0 Å². The van der Waals surface area contributed by atoms with Crippen LogP contribution >= 0.6 is 23.2 Å². The van der Waals surface area contributed by atoms with Crippen LogP contribution in [0.1, 0.15) is 31.9 Å². The largest absolute Gasteiger partial charge is 0.455 e. The molecule has 6 heteroatoms. The number of fused-ring (bicyclic) bond motifs is 1. The first-order chi connectivity index (χ1) is 11.7. The maximum absolute atomic E-state index is 12.1. The lowest BCUT2D eigenvalue weighted by atomic mass is 10.00. The topological polar surface area (TPSA) is 55.4 Å². The van der Waals surface area contributed by atoms with Crippen LogP contribution in [0.15, 0.2) is 42.5 Å². The molecule has 2 atom stereocenters. The van der Waals surface area contributed by atoms with E-state index in [0.29, 0.717) is 6.42 Å². The highest BCUT2D eigenvalue weighted by molar-refractivity contribution is 6.53. The van der Waals surface area contributed by atoms with Crippen molar-refractivity contribution < 1.29 is 14.3 Å². The Balaban J connectivity index is 1.60. The summed E-state index contributed by atoms with van der Waals surface area (Å²) in [6.07, 6.45) is 0.329. The molecule has 1 amide bonds. The molecule has 1 saturated carbocycles. The van der Waals surface area contributed by atoms with Gasteiger partial charge in [0, 0.05) is 6.42 Å². The van der Waals surface area contributed by atoms with Gasteiger partial charge in [-0.2, -0.15) is 0 Å². The summed E-state index contributed by atoms with van der Waals surface area (Å²) in [4.78, 5) is 24.1. The van der Waals surface area contributed by atoms with E-state index in [9.17, 15) is 9.59 Å². The van der Waals surface area contributed by atoms with Gasteiger partial charge in [0.05, 0.1) is 6.04 Å². The molecule has 25 heavy (non-hydrogen) atoms. The van der Waals surface area contributed by atoms with Crippen molar-refractivity contribution in [3.63, 3.8) is 0 Å². The number of benzene rings is 2. The van der Waals surface area contributed by atoms with Crippen LogP contribution in [0.25, 0.3) is 10.8 Å². The monoisotopic (exact) mass is 379 g/mol. The summed E-state index contributed by atoms with van der Waals surface area (Å²) < 4.78 is 3.97. The van der Waals surface area contributed by atoms with Crippen molar-refractivity contribution in [2.45, 2.75) is 30.6 Å². The van der Waals surface area contributed by atoms with Crippen LogP contribution in [-0.2, 0) is 14.3 Å². The maximum Gasteiger partial charge on any atom is 0.315 e. The second kappa shape index (κ2) is 6.50. The van der Waals surface area contributed by atoms with Gasteiger partial charge in [-0.25, -0.2) is 0 Å². The number of carbonyl (C=O) groups is 2. The molecule has 0 unspecified atom stereocenters. The van der Waals surface area contributed by atoms with E-state index >= 15 is 0 Å². The second-order valence-electron chi connectivity index (χ2n) is 6.65. The van der Waals surface area contributed by atoms with Crippen LogP contribution in [0.2, 0.25) is 0 Å². The van der Waals surface area contributed by atoms with Gasteiger partial charge >= 0.3 is 5.97 Å². The Morgan fingerprint density at radius 3 is 2.52 bits per heavy atom. The predicted octanol–water partition coefficient (Wildman–Crippen LogP) is 4.14. The molecule has 2 aromatic carbocycles. The minimum absolute atomic E-state index is 0.214. The Kier molecular flexibility index (Phi) is 4.69. The molecule has 0 spiro atoms. The van der Waals surface area contributed by atoms with Crippen LogP contribution in [0, 0.1) is 5.41 Å². The van der Waals surface area contributed by atoms with Crippen LogP contribution in [-0.4, -0.2) is 22.8 Å². The van der Waals surface area contributed by atoms with Gasteiger partial charge in [0.1, 0.15) is 9.75 Å². The summed E-state index contributed by atoms with van der Waals surface area (Å²) in [5.74, 6) is -0.918. The van der Waals surface area contributed by atoms with Gasteiger partial charge < -0.3 is 10.1 Å². The number of rotatable bonds is 5. The smallest absolute Gasteiger partial charge is 0.315 e. The lowest BCUT2D eigenvalue weighted by molar-refractivity contribution is -0.153. The first-order valence-electron chi connectivity index (χ1n) is 8.07. The van der Waals surface area contributed by atoms with E-state index in [1.54, 1.807) is 6.92 Å². The fourth-order valence-corrected chi connectivity index (χ4v) is 3.59. The summed E-state index contributed by atoms with van der Waals surface area (Å²) in [7, 11) is 0. The molecule has 0 bridgehead atoms. The predicted molar refractivity (Wildman–Crippen MR) is 98.6 cm³/mol.